The van der Waals surface area contributed by atoms with E-state index < -0.39 is 23.2 Å². The Balaban J connectivity index is 2.31. The molecule has 0 aliphatic rings. The summed E-state index contributed by atoms with van der Waals surface area (Å²) in [5.74, 6) is -2.73. The summed E-state index contributed by atoms with van der Waals surface area (Å²) >= 11 is 0. The Labute approximate surface area is 108 Å². The van der Waals surface area contributed by atoms with E-state index in [1.165, 1.54) is 25.1 Å². The molecule has 0 unspecified atom stereocenters. The van der Waals surface area contributed by atoms with Gasteiger partial charge in [0.05, 0.1) is 5.56 Å². The molecule has 0 aliphatic heterocycles. The highest BCUT2D eigenvalue weighted by Gasteiger charge is 2.16. The number of aryl methyl sites for hydroxylation is 1. The molecule has 4 heteroatoms. The summed E-state index contributed by atoms with van der Waals surface area (Å²) in [4.78, 5) is 11.9. The largest absolute Gasteiger partial charge is 0.294 e. The summed E-state index contributed by atoms with van der Waals surface area (Å²) in [7, 11) is 0. The molecule has 19 heavy (non-hydrogen) atoms. The zero-order valence-electron chi connectivity index (χ0n) is 10.2. The standard InChI is InChI=1S/C15H11F3O/c1-9-6-11(14(18)8-13(9)17)15(19)7-10-4-2-3-5-12(10)16/h2-6,8H,7H2,1H3. The normalized spacial score (nSPS) is 10.5. The second kappa shape index (κ2) is 5.26. The van der Waals surface area contributed by atoms with Crippen molar-refractivity contribution in [2.75, 3.05) is 0 Å². The minimum atomic E-state index is -0.926. The number of hydrogen-bond donors (Lipinski definition) is 0. The van der Waals surface area contributed by atoms with Gasteiger partial charge in [0.15, 0.2) is 5.78 Å². The maximum atomic E-state index is 13.5. The average Bonchev–Trinajstić information content (AvgIpc) is 2.36. The third-order valence-electron chi connectivity index (χ3n) is 2.86. The molecule has 0 N–H and O–H groups in total. The Morgan fingerprint density at radius 3 is 2.37 bits per heavy atom. The molecule has 2 aromatic rings. The van der Waals surface area contributed by atoms with Gasteiger partial charge in [-0.25, -0.2) is 13.2 Å². The van der Waals surface area contributed by atoms with Crippen molar-refractivity contribution in [2.24, 2.45) is 0 Å². The smallest absolute Gasteiger partial charge is 0.170 e. The topological polar surface area (TPSA) is 17.1 Å². The van der Waals surface area contributed by atoms with Gasteiger partial charge in [-0.1, -0.05) is 18.2 Å². The zero-order chi connectivity index (χ0) is 14.0. The Hall–Kier alpha value is -2.10. The van der Waals surface area contributed by atoms with Crippen LogP contribution in [0.15, 0.2) is 36.4 Å². The summed E-state index contributed by atoms with van der Waals surface area (Å²) in [6, 6.07) is 7.61. The molecule has 0 saturated carbocycles. The minimum Gasteiger partial charge on any atom is -0.294 e. The highest BCUT2D eigenvalue weighted by molar-refractivity contribution is 5.97. The van der Waals surface area contributed by atoms with Crippen molar-refractivity contribution < 1.29 is 18.0 Å². The first-order valence-corrected chi connectivity index (χ1v) is 5.71. The van der Waals surface area contributed by atoms with Crippen molar-refractivity contribution in [2.45, 2.75) is 13.3 Å². The molecule has 2 aromatic carbocycles. The number of halogens is 3. The van der Waals surface area contributed by atoms with Gasteiger partial charge in [0.2, 0.25) is 0 Å². The summed E-state index contributed by atoms with van der Waals surface area (Å²) in [5.41, 5.74) is 0.148. The van der Waals surface area contributed by atoms with E-state index in [0.29, 0.717) is 6.07 Å². The summed E-state index contributed by atoms with van der Waals surface area (Å²) < 4.78 is 40.0. The Morgan fingerprint density at radius 2 is 1.68 bits per heavy atom. The number of benzene rings is 2. The molecule has 0 bridgehead atoms. The Kier molecular flexibility index (Phi) is 3.69. The quantitative estimate of drug-likeness (QED) is 0.770. The van der Waals surface area contributed by atoms with Gasteiger partial charge in [-0.2, -0.15) is 0 Å². The molecule has 98 valence electrons. The maximum Gasteiger partial charge on any atom is 0.170 e. The average molecular weight is 264 g/mol. The van der Waals surface area contributed by atoms with Gasteiger partial charge < -0.3 is 0 Å². The van der Waals surface area contributed by atoms with Gasteiger partial charge >= 0.3 is 0 Å². The fourth-order valence-electron chi connectivity index (χ4n) is 1.78. The molecule has 0 spiro atoms. The predicted molar refractivity (Wildman–Crippen MR) is 65.5 cm³/mol. The van der Waals surface area contributed by atoms with Crippen LogP contribution >= 0.6 is 0 Å². The van der Waals surface area contributed by atoms with Crippen LogP contribution in [0.4, 0.5) is 13.2 Å². The fraction of sp³-hybridized carbons (Fsp3) is 0.133. The molecule has 0 fully saturated rings. The first kappa shape index (κ1) is 13.3. The summed E-state index contributed by atoms with van der Waals surface area (Å²) in [6.07, 6.45) is -0.255. The number of carbonyl (C=O) groups excluding carboxylic acids is 1. The highest BCUT2D eigenvalue weighted by atomic mass is 19.1. The number of ketones is 1. The van der Waals surface area contributed by atoms with E-state index in [0.717, 1.165) is 6.07 Å². The molecule has 1 nitrogen and oxygen atoms in total. The second-order valence-corrected chi connectivity index (χ2v) is 4.27. The van der Waals surface area contributed by atoms with Crippen LogP contribution in [0.1, 0.15) is 21.5 Å². The molecule has 0 aliphatic carbocycles. The van der Waals surface area contributed by atoms with Crippen LogP contribution < -0.4 is 0 Å². The van der Waals surface area contributed by atoms with Crippen LogP contribution in [0.2, 0.25) is 0 Å². The van der Waals surface area contributed by atoms with Crippen LogP contribution in [-0.2, 0) is 6.42 Å². The molecule has 0 amide bonds. The van der Waals surface area contributed by atoms with Crippen molar-refractivity contribution in [1.82, 2.24) is 0 Å². The van der Waals surface area contributed by atoms with E-state index in [9.17, 15) is 18.0 Å². The van der Waals surface area contributed by atoms with Crippen molar-refractivity contribution in [3.05, 3.63) is 70.5 Å². The second-order valence-electron chi connectivity index (χ2n) is 4.27. The fourth-order valence-corrected chi connectivity index (χ4v) is 1.78. The van der Waals surface area contributed by atoms with Gasteiger partial charge in [0, 0.05) is 12.5 Å². The third kappa shape index (κ3) is 2.84. The van der Waals surface area contributed by atoms with Gasteiger partial charge in [-0.15, -0.1) is 0 Å². The van der Waals surface area contributed by atoms with E-state index in [4.69, 9.17) is 0 Å². The molecular weight excluding hydrogens is 253 g/mol. The monoisotopic (exact) mass is 264 g/mol. The van der Waals surface area contributed by atoms with Gasteiger partial charge in [-0.3, -0.25) is 4.79 Å². The van der Waals surface area contributed by atoms with Crippen molar-refractivity contribution in [1.29, 1.82) is 0 Å². The van der Waals surface area contributed by atoms with Crippen molar-refractivity contribution >= 4 is 5.78 Å². The first-order chi connectivity index (χ1) is 8.99. The van der Waals surface area contributed by atoms with Crippen molar-refractivity contribution in [3.63, 3.8) is 0 Å². The van der Waals surface area contributed by atoms with Crippen LogP contribution in [0.25, 0.3) is 0 Å². The molecule has 2 rings (SSSR count). The SMILES string of the molecule is Cc1cc(C(=O)Cc2ccccc2F)c(F)cc1F. The van der Waals surface area contributed by atoms with Crippen LogP contribution in [0, 0.1) is 24.4 Å². The number of carbonyl (C=O) groups is 1. The van der Waals surface area contributed by atoms with E-state index >= 15 is 0 Å². The van der Waals surface area contributed by atoms with Gasteiger partial charge in [0.25, 0.3) is 0 Å². The van der Waals surface area contributed by atoms with E-state index in [1.807, 2.05) is 0 Å². The van der Waals surface area contributed by atoms with E-state index in [-0.39, 0.29) is 23.1 Å². The zero-order valence-corrected chi connectivity index (χ0v) is 10.2. The molecule has 0 heterocycles. The molecule has 0 radical (unpaired) electrons. The molecular formula is C15H11F3O. The number of Topliss-reactive ketones (excluding diaryl/α,β-unsaturated/α-hetero) is 1. The molecule has 0 aromatic heterocycles. The van der Waals surface area contributed by atoms with E-state index in [1.54, 1.807) is 6.07 Å². The maximum absolute atomic E-state index is 13.5. The van der Waals surface area contributed by atoms with Gasteiger partial charge in [0.1, 0.15) is 17.5 Å². The van der Waals surface area contributed by atoms with Gasteiger partial charge in [-0.05, 0) is 30.2 Å². The Morgan fingerprint density at radius 1 is 1.00 bits per heavy atom. The summed E-state index contributed by atoms with van der Waals surface area (Å²) in [6.45, 7) is 1.44. The highest BCUT2D eigenvalue weighted by Crippen LogP contribution is 2.17. The lowest BCUT2D eigenvalue weighted by Gasteiger charge is -2.06. The summed E-state index contributed by atoms with van der Waals surface area (Å²) in [5, 5.41) is 0. The van der Waals surface area contributed by atoms with Crippen molar-refractivity contribution in [3.8, 4) is 0 Å². The van der Waals surface area contributed by atoms with Crippen LogP contribution in [0.5, 0.6) is 0 Å². The lowest BCUT2D eigenvalue weighted by atomic mass is 10.0. The lowest BCUT2D eigenvalue weighted by molar-refractivity contribution is 0.0988. The molecule has 0 saturated heterocycles. The predicted octanol–water partition coefficient (Wildman–Crippen LogP) is 3.84. The number of rotatable bonds is 3. The van der Waals surface area contributed by atoms with Crippen LogP contribution in [0.3, 0.4) is 0 Å². The first-order valence-electron chi connectivity index (χ1n) is 5.71. The Bertz CT molecular complexity index is 635. The number of hydrogen-bond acceptors (Lipinski definition) is 1. The minimum absolute atomic E-state index is 0.179. The van der Waals surface area contributed by atoms with Crippen LogP contribution in [-0.4, -0.2) is 5.78 Å². The lowest BCUT2D eigenvalue weighted by Crippen LogP contribution is -2.08. The molecule has 0 atom stereocenters. The van der Waals surface area contributed by atoms with E-state index in [2.05, 4.69) is 0 Å². The third-order valence-corrected chi connectivity index (χ3v) is 2.86.